The molecule has 1 rings (SSSR count). The largest absolute Gasteiger partial charge is 0.493 e. The molecule has 0 fully saturated rings. The number of hydrogen-bond acceptors (Lipinski definition) is 4. The second-order valence-electron chi connectivity index (χ2n) is 4.43. The van der Waals surface area contributed by atoms with Crippen LogP contribution < -0.4 is 4.74 Å². The predicted molar refractivity (Wildman–Crippen MR) is 74.0 cm³/mol. The summed E-state index contributed by atoms with van der Waals surface area (Å²) < 4.78 is 10.6. The number of ketones is 1. The van der Waals surface area contributed by atoms with Gasteiger partial charge < -0.3 is 14.6 Å². The van der Waals surface area contributed by atoms with E-state index in [0.29, 0.717) is 31.8 Å². The maximum absolute atomic E-state index is 11.0. The van der Waals surface area contributed by atoms with Gasteiger partial charge in [-0.2, -0.15) is 0 Å². The van der Waals surface area contributed by atoms with Crippen LogP contribution in [0.1, 0.15) is 25.8 Å². The molecule has 0 radical (unpaired) electrons. The number of rotatable bonds is 9. The highest BCUT2D eigenvalue weighted by Crippen LogP contribution is 2.14. The lowest BCUT2D eigenvalue weighted by Crippen LogP contribution is -2.26. The van der Waals surface area contributed by atoms with Crippen LogP contribution in [-0.4, -0.2) is 36.2 Å². The monoisotopic (exact) mass is 280 g/mol. The summed E-state index contributed by atoms with van der Waals surface area (Å²) in [5.41, 5.74) is 0.866. The Balaban J connectivity index is 2.52. The van der Waals surface area contributed by atoms with Crippen molar-refractivity contribution < 1.29 is 24.2 Å². The third kappa shape index (κ3) is 5.84. The Kier molecular flexibility index (Phi) is 6.73. The van der Waals surface area contributed by atoms with E-state index in [9.17, 15) is 9.59 Å². The smallest absolute Gasteiger partial charge is 0.333 e. The topological polar surface area (TPSA) is 72.8 Å². The molecule has 0 spiro atoms. The standard InChI is InChI=1S/C15H20O5/c1-3-19-14(15(17)18)10-12-4-6-13(7-5-12)20-9-8-11(2)16/h4-7,14H,3,8-10H2,1-2H3,(H,17,18). The molecule has 5 nitrogen and oxygen atoms in total. The average Bonchev–Trinajstić information content (AvgIpc) is 2.39. The van der Waals surface area contributed by atoms with Crippen molar-refractivity contribution in [2.45, 2.75) is 32.8 Å². The minimum Gasteiger partial charge on any atom is -0.493 e. The van der Waals surface area contributed by atoms with Gasteiger partial charge in [-0.3, -0.25) is 4.79 Å². The minimum atomic E-state index is -0.964. The van der Waals surface area contributed by atoms with Crippen molar-refractivity contribution in [1.29, 1.82) is 0 Å². The molecule has 0 aliphatic carbocycles. The highest BCUT2D eigenvalue weighted by molar-refractivity contribution is 5.75. The fourth-order valence-electron chi connectivity index (χ4n) is 1.67. The van der Waals surface area contributed by atoms with Gasteiger partial charge in [-0.25, -0.2) is 4.79 Å². The molecule has 1 aromatic carbocycles. The molecule has 1 aromatic rings. The summed E-state index contributed by atoms with van der Waals surface area (Å²) in [6, 6.07) is 7.14. The summed E-state index contributed by atoms with van der Waals surface area (Å²) in [6.45, 7) is 4.00. The van der Waals surface area contributed by atoms with Crippen molar-refractivity contribution in [3.05, 3.63) is 29.8 Å². The second-order valence-corrected chi connectivity index (χ2v) is 4.43. The number of carboxylic acids is 1. The lowest BCUT2D eigenvalue weighted by Gasteiger charge is -2.12. The first-order chi connectivity index (χ1) is 9.52. The zero-order valence-electron chi connectivity index (χ0n) is 11.8. The van der Waals surface area contributed by atoms with E-state index in [2.05, 4.69) is 0 Å². The lowest BCUT2D eigenvalue weighted by atomic mass is 10.1. The van der Waals surface area contributed by atoms with Gasteiger partial charge in [0.25, 0.3) is 0 Å². The molecular formula is C15H20O5. The summed E-state index contributed by atoms with van der Waals surface area (Å²) in [5.74, 6) is -0.213. The van der Waals surface area contributed by atoms with Crippen LogP contribution in [0.15, 0.2) is 24.3 Å². The van der Waals surface area contributed by atoms with E-state index >= 15 is 0 Å². The second kappa shape index (κ2) is 8.32. The Labute approximate surface area is 118 Å². The van der Waals surface area contributed by atoms with E-state index in [1.165, 1.54) is 6.92 Å². The van der Waals surface area contributed by atoms with E-state index in [1.54, 1.807) is 31.2 Å². The highest BCUT2D eigenvalue weighted by Gasteiger charge is 2.17. The van der Waals surface area contributed by atoms with E-state index in [4.69, 9.17) is 14.6 Å². The van der Waals surface area contributed by atoms with Crippen LogP contribution in [0.2, 0.25) is 0 Å². The number of hydrogen-bond donors (Lipinski definition) is 1. The van der Waals surface area contributed by atoms with Crippen molar-refractivity contribution >= 4 is 11.8 Å². The number of benzene rings is 1. The Hall–Kier alpha value is -1.88. The number of carboxylic acid groups (broad SMARTS) is 1. The summed E-state index contributed by atoms with van der Waals surface area (Å²) in [5, 5.41) is 9.01. The molecule has 110 valence electrons. The minimum absolute atomic E-state index is 0.0858. The van der Waals surface area contributed by atoms with E-state index in [1.807, 2.05) is 0 Å². The lowest BCUT2D eigenvalue weighted by molar-refractivity contribution is -0.149. The van der Waals surface area contributed by atoms with Crippen molar-refractivity contribution in [3.63, 3.8) is 0 Å². The highest BCUT2D eigenvalue weighted by atomic mass is 16.5. The fourth-order valence-corrected chi connectivity index (χ4v) is 1.67. The molecule has 1 N–H and O–H groups in total. The van der Waals surface area contributed by atoms with Crippen LogP contribution in [0.25, 0.3) is 0 Å². The molecule has 0 heterocycles. The van der Waals surface area contributed by atoms with Gasteiger partial charge in [-0.1, -0.05) is 12.1 Å². The molecule has 0 aromatic heterocycles. The summed E-state index contributed by atoms with van der Waals surface area (Å²) >= 11 is 0. The SMILES string of the molecule is CCOC(Cc1ccc(OCCC(C)=O)cc1)C(=O)O. The third-order valence-electron chi connectivity index (χ3n) is 2.71. The number of ether oxygens (including phenoxy) is 2. The molecule has 0 bridgehead atoms. The molecular weight excluding hydrogens is 260 g/mol. The molecule has 1 unspecified atom stereocenters. The van der Waals surface area contributed by atoms with Gasteiger partial charge >= 0.3 is 5.97 Å². The van der Waals surface area contributed by atoms with E-state index in [0.717, 1.165) is 5.56 Å². The Morgan fingerprint density at radius 1 is 1.25 bits per heavy atom. The van der Waals surface area contributed by atoms with E-state index < -0.39 is 12.1 Å². The predicted octanol–water partition coefficient (Wildman–Crippen LogP) is 2.08. The maximum Gasteiger partial charge on any atom is 0.333 e. The normalized spacial score (nSPS) is 11.9. The number of carbonyl (C=O) groups excluding carboxylic acids is 1. The van der Waals surface area contributed by atoms with Gasteiger partial charge in [0.1, 0.15) is 11.5 Å². The van der Waals surface area contributed by atoms with Gasteiger partial charge in [0.2, 0.25) is 0 Å². The van der Waals surface area contributed by atoms with Gasteiger partial charge in [0.15, 0.2) is 6.10 Å². The zero-order chi connectivity index (χ0) is 15.0. The zero-order valence-corrected chi connectivity index (χ0v) is 11.8. The van der Waals surface area contributed by atoms with Gasteiger partial charge in [-0.05, 0) is 31.5 Å². The first kappa shape index (κ1) is 16.2. The van der Waals surface area contributed by atoms with E-state index in [-0.39, 0.29) is 5.78 Å². The number of carbonyl (C=O) groups is 2. The van der Waals surface area contributed by atoms with Crippen LogP contribution in [0.5, 0.6) is 5.75 Å². The first-order valence-electron chi connectivity index (χ1n) is 6.58. The summed E-state index contributed by atoms with van der Waals surface area (Å²) in [6.07, 6.45) is -0.131. The number of aliphatic carboxylic acids is 1. The third-order valence-corrected chi connectivity index (χ3v) is 2.71. The van der Waals surface area contributed by atoms with Gasteiger partial charge in [0.05, 0.1) is 6.61 Å². The Bertz CT molecular complexity index is 438. The van der Waals surface area contributed by atoms with Crippen LogP contribution in [0, 0.1) is 0 Å². The molecule has 5 heteroatoms. The quantitative estimate of drug-likeness (QED) is 0.749. The average molecular weight is 280 g/mol. The number of Topliss-reactive ketones (excluding diaryl/α,β-unsaturated/α-hetero) is 1. The van der Waals surface area contributed by atoms with Crippen LogP contribution >= 0.6 is 0 Å². The van der Waals surface area contributed by atoms with Crippen LogP contribution in [0.3, 0.4) is 0 Å². The molecule has 1 atom stereocenters. The van der Waals surface area contributed by atoms with Gasteiger partial charge in [0, 0.05) is 19.4 Å². The maximum atomic E-state index is 11.0. The van der Waals surface area contributed by atoms with Crippen molar-refractivity contribution in [1.82, 2.24) is 0 Å². The van der Waals surface area contributed by atoms with Crippen LogP contribution in [-0.2, 0) is 20.7 Å². The first-order valence-corrected chi connectivity index (χ1v) is 6.58. The summed E-state index contributed by atoms with van der Waals surface area (Å²) in [4.78, 5) is 21.8. The van der Waals surface area contributed by atoms with Crippen LogP contribution in [0.4, 0.5) is 0 Å². The van der Waals surface area contributed by atoms with Crippen molar-refractivity contribution in [2.24, 2.45) is 0 Å². The Morgan fingerprint density at radius 2 is 1.90 bits per heavy atom. The molecule has 20 heavy (non-hydrogen) atoms. The van der Waals surface area contributed by atoms with Gasteiger partial charge in [-0.15, -0.1) is 0 Å². The molecule has 0 aliphatic rings. The van der Waals surface area contributed by atoms with Crippen molar-refractivity contribution in [3.8, 4) is 5.75 Å². The molecule has 0 aliphatic heterocycles. The van der Waals surface area contributed by atoms with Crippen molar-refractivity contribution in [2.75, 3.05) is 13.2 Å². The Morgan fingerprint density at radius 3 is 2.40 bits per heavy atom. The fraction of sp³-hybridized carbons (Fsp3) is 0.467. The summed E-state index contributed by atoms with van der Waals surface area (Å²) in [7, 11) is 0. The molecule has 0 amide bonds. The molecule has 0 saturated heterocycles. The molecule has 0 saturated carbocycles.